The molecule has 1 atom stereocenters. The quantitative estimate of drug-likeness (QED) is 0.417. The first-order valence-electron chi connectivity index (χ1n) is 4.20. The van der Waals surface area contributed by atoms with Gasteiger partial charge < -0.3 is 4.79 Å². The number of rotatable bonds is 1. The summed E-state index contributed by atoms with van der Waals surface area (Å²) >= 11 is 0. The Morgan fingerprint density at radius 3 is 2.73 bits per heavy atom. The van der Waals surface area contributed by atoms with Gasteiger partial charge in [0.05, 0.1) is 0 Å². The third-order valence-electron chi connectivity index (χ3n) is 2.59. The zero-order valence-corrected chi connectivity index (χ0v) is 7.55. The fraction of sp³-hybridized carbons (Fsp3) is 0.700. The summed E-state index contributed by atoms with van der Waals surface area (Å²) in [5.74, 6) is 0.228. The van der Waals surface area contributed by atoms with Crippen LogP contribution in [-0.2, 0) is 4.79 Å². The number of hydrogen-bond donors (Lipinski definition) is 0. The van der Waals surface area contributed by atoms with Crippen LogP contribution in [0.1, 0.15) is 33.6 Å². The summed E-state index contributed by atoms with van der Waals surface area (Å²) in [7, 11) is 0. The normalized spacial score (nSPS) is 29.4. The van der Waals surface area contributed by atoms with Crippen molar-refractivity contribution < 1.29 is 4.79 Å². The lowest BCUT2D eigenvalue weighted by atomic mass is 9.72. The van der Waals surface area contributed by atoms with Crippen LogP contribution in [0.25, 0.3) is 0 Å². The van der Waals surface area contributed by atoms with Gasteiger partial charge in [-0.15, -0.1) is 0 Å². The summed E-state index contributed by atoms with van der Waals surface area (Å²) in [5.41, 5.74) is 1.51. The minimum atomic E-state index is 0.0874. The smallest absolute Gasteiger partial charge is 0.123 e. The van der Waals surface area contributed by atoms with Gasteiger partial charge in [0, 0.05) is 5.92 Å². The van der Waals surface area contributed by atoms with E-state index in [1.165, 1.54) is 5.57 Å². The van der Waals surface area contributed by atoms with Crippen molar-refractivity contribution in [3.05, 3.63) is 11.6 Å². The molecule has 0 heterocycles. The van der Waals surface area contributed by atoms with Gasteiger partial charge in [-0.1, -0.05) is 25.5 Å². The minimum absolute atomic E-state index is 0.0874. The molecular weight excluding hydrogens is 136 g/mol. The van der Waals surface area contributed by atoms with E-state index in [0.717, 1.165) is 19.1 Å². The number of hydrogen-bond acceptors (Lipinski definition) is 1. The molecule has 1 rings (SSSR count). The first kappa shape index (κ1) is 8.51. The van der Waals surface area contributed by atoms with E-state index in [4.69, 9.17) is 0 Å². The maximum absolute atomic E-state index is 10.7. The molecule has 0 saturated carbocycles. The summed E-state index contributed by atoms with van der Waals surface area (Å²) in [6.45, 7) is 6.41. The largest absolute Gasteiger partial charge is 0.303 e. The number of carbonyl (C=O) groups is 1. The molecule has 0 unspecified atom stereocenters. The Morgan fingerprint density at radius 2 is 2.27 bits per heavy atom. The van der Waals surface area contributed by atoms with Crippen LogP contribution in [0, 0.1) is 11.3 Å². The molecule has 0 N–H and O–H groups in total. The highest BCUT2D eigenvalue weighted by Crippen LogP contribution is 2.37. The van der Waals surface area contributed by atoms with Crippen molar-refractivity contribution in [3.63, 3.8) is 0 Å². The highest BCUT2D eigenvalue weighted by atomic mass is 16.1. The Morgan fingerprint density at radius 1 is 1.64 bits per heavy atom. The molecular formula is C10H16O. The van der Waals surface area contributed by atoms with Crippen LogP contribution < -0.4 is 0 Å². The van der Waals surface area contributed by atoms with Gasteiger partial charge in [0.15, 0.2) is 0 Å². The van der Waals surface area contributed by atoms with Crippen molar-refractivity contribution >= 4 is 6.29 Å². The van der Waals surface area contributed by atoms with Crippen LogP contribution >= 0.6 is 0 Å². The van der Waals surface area contributed by atoms with Gasteiger partial charge >= 0.3 is 0 Å². The second-order valence-corrected chi connectivity index (χ2v) is 4.09. The summed E-state index contributed by atoms with van der Waals surface area (Å²) in [5, 5.41) is 0. The average Bonchev–Trinajstić information content (AvgIpc) is 1.85. The predicted molar refractivity (Wildman–Crippen MR) is 46.3 cm³/mol. The molecule has 0 spiro atoms. The highest BCUT2D eigenvalue weighted by molar-refractivity contribution is 5.56. The molecule has 1 aliphatic rings. The molecule has 0 fully saturated rings. The minimum Gasteiger partial charge on any atom is -0.303 e. The summed E-state index contributed by atoms with van der Waals surface area (Å²) in [6, 6.07) is 0. The molecule has 62 valence electrons. The highest BCUT2D eigenvalue weighted by Gasteiger charge is 2.29. The molecule has 0 bridgehead atoms. The molecule has 0 aliphatic heterocycles. The molecule has 0 aromatic heterocycles. The van der Waals surface area contributed by atoms with Gasteiger partial charge in [-0.3, -0.25) is 0 Å². The molecule has 0 radical (unpaired) electrons. The van der Waals surface area contributed by atoms with Crippen molar-refractivity contribution in [2.24, 2.45) is 11.3 Å². The monoisotopic (exact) mass is 152 g/mol. The second-order valence-electron chi connectivity index (χ2n) is 4.09. The maximum atomic E-state index is 10.7. The lowest BCUT2D eigenvalue weighted by molar-refractivity contribution is -0.113. The van der Waals surface area contributed by atoms with E-state index in [1.54, 1.807) is 0 Å². The number of allylic oxidation sites excluding steroid dienone is 2. The van der Waals surface area contributed by atoms with Crippen LogP contribution in [0.5, 0.6) is 0 Å². The van der Waals surface area contributed by atoms with E-state index in [0.29, 0.717) is 0 Å². The van der Waals surface area contributed by atoms with Crippen molar-refractivity contribution in [2.75, 3.05) is 0 Å². The van der Waals surface area contributed by atoms with Gasteiger partial charge in [0.2, 0.25) is 0 Å². The van der Waals surface area contributed by atoms with Crippen LogP contribution in [0.2, 0.25) is 0 Å². The molecule has 11 heavy (non-hydrogen) atoms. The Hall–Kier alpha value is -0.590. The van der Waals surface area contributed by atoms with Crippen LogP contribution in [0.15, 0.2) is 11.6 Å². The van der Waals surface area contributed by atoms with Crippen molar-refractivity contribution in [1.82, 2.24) is 0 Å². The average molecular weight is 152 g/mol. The summed E-state index contributed by atoms with van der Waals surface area (Å²) < 4.78 is 0. The van der Waals surface area contributed by atoms with Gasteiger partial charge in [-0.05, 0) is 25.2 Å². The summed E-state index contributed by atoms with van der Waals surface area (Å²) in [4.78, 5) is 10.7. The molecule has 0 aromatic carbocycles. The Balaban J connectivity index is 2.84. The lowest BCUT2D eigenvalue weighted by Gasteiger charge is -2.32. The van der Waals surface area contributed by atoms with E-state index in [2.05, 4.69) is 26.8 Å². The lowest BCUT2D eigenvalue weighted by Crippen LogP contribution is -2.26. The van der Waals surface area contributed by atoms with E-state index >= 15 is 0 Å². The van der Waals surface area contributed by atoms with Crippen molar-refractivity contribution in [1.29, 1.82) is 0 Å². The molecule has 1 nitrogen and oxygen atoms in total. The first-order valence-corrected chi connectivity index (χ1v) is 4.20. The fourth-order valence-corrected chi connectivity index (χ4v) is 1.81. The predicted octanol–water partition coefficient (Wildman–Crippen LogP) is 2.57. The van der Waals surface area contributed by atoms with Crippen LogP contribution in [0.3, 0.4) is 0 Å². The second kappa shape index (κ2) is 2.80. The van der Waals surface area contributed by atoms with E-state index < -0.39 is 0 Å². The number of aldehydes is 1. The third-order valence-corrected chi connectivity index (χ3v) is 2.59. The molecule has 0 saturated heterocycles. The standard InChI is InChI=1S/C10H16O/c1-8-4-5-9(7-11)10(2,3)6-8/h6-7,9H,4-5H2,1-3H3/t9-/m1/s1. The Labute approximate surface area is 68.5 Å². The van der Waals surface area contributed by atoms with Crippen LogP contribution in [0.4, 0.5) is 0 Å². The molecule has 0 amide bonds. The molecule has 0 aromatic rings. The Kier molecular flexibility index (Phi) is 2.17. The Bertz CT molecular complexity index is 189. The zero-order chi connectivity index (χ0) is 8.48. The summed E-state index contributed by atoms with van der Waals surface area (Å²) in [6.07, 6.45) is 5.45. The van der Waals surface area contributed by atoms with Gasteiger partial charge in [0.25, 0.3) is 0 Å². The van der Waals surface area contributed by atoms with Gasteiger partial charge in [0.1, 0.15) is 6.29 Å². The maximum Gasteiger partial charge on any atom is 0.123 e. The fourth-order valence-electron chi connectivity index (χ4n) is 1.81. The van der Waals surface area contributed by atoms with E-state index in [-0.39, 0.29) is 11.3 Å². The van der Waals surface area contributed by atoms with Crippen molar-refractivity contribution in [3.8, 4) is 0 Å². The first-order chi connectivity index (χ1) is 5.06. The van der Waals surface area contributed by atoms with Gasteiger partial charge in [-0.2, -0.15) is 0 Å². The van der Waals surface area contributed by atoms with Crippen LogP contribution in [-0.4, -0.2) is 6.29 Å². The third kappa shape index (κ3) is 1.70. The van der Waals surface area contributed by atoms with Gasteiger partial charge in [-0.25, -0.2) is 0 Å². The molecule has 1 heteroatoms. The van der Waals surface area contributed by atoms with E-state index in [1.807, 2.05) is 0 Å². The van der Waals surface area contributed by atoms with E-state index in [9.17, 15) is 4.79 Å². The SMILES string of the molecule is CC1=CC(C)(C)[C@@H](C=O)CC1. The number of carbonyl (C=O) groups excluding carboxylic acids is 1. The zero-order valence-electron chi connectivity index (χ0n) is 7.55. The van der Waals surface area contributed by atoms with Crippen molar-refractivity contribution in [2.45, 2.75) is 33.6 Å². The topological polar surface area (TPSA) is 17.1 Å². The molecule has 1 aliphatic carbocycles.